The van der Waals surface area contributed by atoms with Crippen molar-refractivity contribution in [2.24, 2.45) is 0 Å². The minimum atomic E-state index is -0.103. The second-order valence-electron chi connectivity index (χ2n) is 14.0. The molecular weight excluding hydrogens is 643 g/mol. The zero-order valence-corrected chi connectivity index (χ0v) is 28.9. The molecule has 5 nitrogen and oxygen atoms in total. The Labute approximate surface area is 298 Å². The molecule has 5 heterocycles. The number of anilines is 3. The summed E-state index contributed by atoms with van der Waals surface area (Å²) in [6.07, 6.45) is 0. The molecule has 4 aromatic heterocycles. The largest absolute Gasteiger partial charge is 0.310 e. The Kier molecular flexibility index (Phi) is 5.82. The van der Waals surface area contributed by atoms with Crippen LogP contribution in [0.5, 0.6) is 0 Å². The van der Waals surface area contributed by atoms with E-state index >= 15 is 0 Å². The lowest BCUT2D eigenvalue weighted by Crippen LogP contribution is -2.30. The van der Waals surface area contributed by atoms with Crippen molar-refractivity contribution in [3.05, 3.63) is 162 Å². The molecule has 1 aliphatic rings. The summed E-state index contributed by atoms with van der Waals surface area (Å²) in [4.78, 5) is 3.67. The number of hydrogen-bond acceptors (Lipinski definition) is 4. The summed E-state index contributed by atoms with van der Waals surface area (Å²) in [7, 11) is 0. The molecular formula is C45H31N5S. The lowest BCUT2D eigenvalue weighted by molar-refractivity contribution is 0.632. The third-order valence-corrected chi connectivity index (χ3v) is 11.8. The Balaban J connectivity index is 1.09. The number of thiophene rings is 1. The molecule has 0 saturated heterocycles. The topological polar surface area (TPSA) is 38.4 Å². The summed E-state index contributed by atoms with van der Waals surface area (Å²) in [6, 6.07) is 52.4. The molecule has 0 radical (unpaired) electrons. The SMILES string of the molecule is CC1(C)c2ccccc2N(c2ccc(-c3nnc(-c4cc5c6ccccc6n6c7sccc7c(c4)c56)n3-c3ccccc3)cc2)c2ccccc21. The molecule has 0 bridgehead atoms. The molecule has 6 heteroatoms. The van der Waals surface area contributed by atoms with Crippen molar-refractivity contribution in [2.75, 3.05) is 4.90 Å². The first kappa shape index (κ1) is 28.6. The van der Waals surface area contributed by atoms with Gasteiger partial charge in [-0.3, -0.25) is 8.97 Å². The van der Waals surface area contributed by atoms with Gasteiger partial charge < -0.3 is 4.90 Å². The summed E-state index contributed by atoms with van der Waals surface area (Å²) in [5.41, 5.74) is 11.6. The Bertz CT molecular complexity index is 2900. The molecule has 6 aromatic carbocycles. The third-order valence-electron chi connectivity index (χ3n) is 10.9. The number of fused-ring (bicyclic) bond motifs is 8. The van der Waals surface area contributed by atoms with Crippen molar-refractivity contribution < 1.29 is 0 Å². The van der Waals surface area contributed by atoms with Gasteiger partial charge >= 0.3 is 0 Å². The first-order chi connectivity index (χ1) is 25.1. The van der Waals surface area contributed by atoms with Gasteiger partial charge in [-0.05, 0) is 89.3 Å². The van der Waals surface area contributed by atoms with E-state index < -0.39 is 0 Å². The first-order valence-corrected chi connectivity index (χ1v) is 18.2. The van der Waals surface area contributed by atoms with Gasteiger partial charge in [0.05, 0.1) is 22.4 Å². The van der Waals surface area contributed by atoms with E-state index in [4.69, 9.17) is 10.2 Å². The van der Waals surface area contributed by atoms with Gasteiger partial charge in [-0.2, -0.15) is 0 Å². The maximum Gasteiger partial charge on any atom is 0.168 e. The molecule has 0 amide bonds. The number of rotatable bonds is 4. The van der Waals surface area contributed by atoms with Crippen LogP contribution in [-0.2, 0) is 5.41 Å². The summed E-state index contributed by atoms with van der Waals surface area (Å²) in [5, 5.41) is 17.0. The van der Waals surface area contributed by atoms with Gasteiger partial charge in [-0.15, -0.1) is 21.5 Å². The molecule has 0 atom stereocenters. The van der Waals surface area contributed by atoms with Crippen molar-refractivity contribution >= 4 is 65.8 Å². The monoisotopic (exact) mass is 673 g/mol. The van der Waals surface area contributed by atoms with Crippen LogP contribution in [0.25, 0.3) is 65.9 Å². The number of nitrogens with zero attached hydrogens (tertiary/aromatic N) is 5. The minimum Gasteiger partial charge on any atom is -0.310 e. The van der Waals surface area contributed by atoms with E-state index in [9.17, 15) is 0 Å². The lowest BCUT2D eigenvalue weighted by atomic mass is 9.73. The van der Waals surface area contributed by atoms with Gasteiger partial charge in [0.25, 0.3) is 0 Å². The maximum absolute atomic E-state index is 4.93. The second-order valence-corrected chi connectivity index (χ2v) is 14.9. The van der Waals surface area contributed by atoms with E-state index in [1.807, 2.05) is 0 Å². The van der Waals surface area contributed by atoms with Crippen LogP contribution in [0.4, 0.5) is 17.1 Å². The summed E-state index contributed by atoms with van der Waals surface area (Å²) < 4.78 is 4.64. The number of para-hydroxylation sites is 4. The summed E-state index contributed by atoms with van der Waals surface area (Å²) in [6.45, 7) is 4.64. The van der Waals surface area contributed by atoms with Crippen molar-refractivity contribution in [2.45, 2.75) is 19.3 Å². The molecule has 0 fully saturated rings. The molecule has 1 aliphatic heterocycles. The Morgan fingerprint density at radius 3 is 1.86 bits per heavy atom. The maximum atomic E-state index is 4.93. The zero-order valence-electron chi connectivity index (χ0n) is 28.1. The van der Waals surface area contributed by atoms with Gasteiger partial charge in [0.15, 0.2) is 11.6 Å². The van der Waals surface area contributed by atoms with Crippen LogP contribution in [-0.4, -0.2) is 19.2 Å². The fourth-order valence-electron chi connectivity index (χ4n) is 8.51. The van der Waals surface area contributed by atoms with Crippen molar-refractivity contribution in [1.29, 1.82) is 0 Å². The van der Waals surface area contributed by atoms with Gasteiger partial charge in [0.2, 0.25) is 0 Å². The Hall–Kier alpha value is -6.24. The van der Waals surface area contributed by atoms with Gasteiger partial charge in [-0.1, -0.05) is 86.6 Å². The normalized spacial score (nSPS) is 13.8. The highest BCUT2D eigenvalue weighted by molar-refractivity contribution is 7.17. The first-order valence-electron chi connectivity index (χ1n) is 17.3. The Morgan fingerprint density at radius 2 is 1.14 bits per heavy atom. The fraction of sp³-hybridized carbons (Fsp3) is 0.0667. The summed E-state index contributed by atoms with van der Waals surface area (Å²) >= 11 is 1.79. The molecule has 51 heavy (non-hydrogen) atoms. The van der Waals surface area contributed by atoms with E-state index in [0.29, 0.717) is 0 Å². The highest BCUT2D eigenvalue weighted by Gasteiger charge is 2.36. The second kappa shape index (κ2) is 10.4. The standard InChI is InChI=1S/C45H31N5S/c1-45(2)36-15-7-10-18-39(36)48(40-19-11-8-16-37(40)45)31-22-20-28(21-23-31)42-46-47-43(49(42)30-12-4-3-5-13-30)29-26-34-32-14-6-9-17-38(32)50-41(34)35(27-29)33-24-25-51-44(33)50/h3-27H,1-2H3. The van der Waals surface area contributed by atoms with Crippen LogP contribution in [0, 0.1) is 0 Å². The predicted octanol–water partition coefficient (Wildman–Crippen LogP) is 11.9. The summed E-state index contributed by atoms with van der Waals surface area (Å²) in [5.74, 6) is 1.62. The van der Waals surface area contributed by atoms with Crippen molar-refractivity contribution in [3.63, 3.8) is 0 Å². The van der Waals surface area contributed by atoms with Crippen molar-refractivity contribution in [1.82, 2.24) is 19.2 Å². The highest BCUT2D eigenvalue weighted by Crippen LogP contribution is 2.52. The van der Waals surface area contributed by atoms with Gasteiger partial charge in [0, 0.05) is 49.5 Å². The smallest absolute Gasteiger partial charge is 0.168 e. The molecule has 0 unspecified atom stereocenters. The van der Waals surface area contributed by atoms with E-state index in [1.54, 1.807) is 11.3 Å². The molecule has 11 rings (SSSR count). The molecule has 0 aliphatic carbocycles. The molecule has 0 N–H and O–H groups in total. The van der Waals surface area contributed by atoms with Crippen LogP contribution < -0.4 is 4.90 Å². The van der Waals surface area contributed by atoms with Crippen LogP contribution in [0.2, 0.25) is 0 Å². The van der Waals surface area contributed by atoms with Gasteiger partial charge in [0.1, 0.15) is 4.83 Å². The number of aromatic nitrogens is 4. The van der Waals surface area contributed by atoms with Crippen LogP contribution >= 0.6 is 11.3 Å². The number of benzene rings is 6. The van der Waals surface area contributed by atoms with Gasteiger partial charge in [-0.25, -0.2) is 0 Å². The van der Waals surface area contributed by atoms with E-state index in [2.05, 4.69) is 179 Å². The van der Waals surface area contributed by atoms with Crippen LogP contribution in [0.15, 0.2) is 151 Å². The predicted molar refractivity (Wildman–Crippen MR) is 212 cm³/mol. The molecule has 242 valence electrons. The molecule has 0 saturated carbocycles. The minimum absolute atomic E-state index is 0.103. The lowest BCUT2D eigenvalue weighted by Gasteiger charge is -2.42. The zero-order chi connectivity index (χ0) is 33.8. The van der Waals surface area contributed by atoms with E-state index in [-0.39, 0.29) is 5.41 Å². The van der Waals surface area contributed by atoms with Crippen LogP contribution in [0.1, 0.15) is 25.0 Å². The highest BCUT2D eigenvalue weighted by atomic mass is 32.1. The fourth-order valence-corrected chi connectivity index (χ4v) is 9.44. The number of hydrogen-bond donors (Lipinski definition) is 0. The average Bonchev–Trinajstić information content (AvgIpc) is 3.96. The molecule has 10 aromatic rings. The Morgan fingerprint density at radius 1 is 0.529 bits per heavy atom. The average molecular weight is 674 g/mol. The van der Waals surface area contributed by atoms with Crippen molar-refractivity contribution in [3.8, 4) is 28.5 Å². The molecule has 0 spiro atoms. The van der Waals surface area contributed by atoms with Crippen LogP contribution in [0.3, 0.4) is 0 Å². The third kappa shape index (κ3) is 3.91. The van der Waals surface area contributed by atoms with E-state index in [1.165, 1.54) is 59.9 Å². The van der Waals surface area contributed by atoms with E-state index in [0.717, 1.165) is 34.2 Å². The quantitative estimate of drug-likeness (QED) is 0.187.